The molecule has 1 aliphatic heterocycles. The molecule has 0 aliphatic carbocycles. The number of nitrogens with two attached hydrogens (primary N) is 1. The highest BCUT2D eigenvalue weighted by Crippen LogP contribution is 2.15. The van der Waals surface area contributed by atoms with Gasteiger partial charge in [-0.25, -0.2) is 0 Å². The minimum absolute atomic E-state index is 0.105. The Hall–Kier alpha value is -1.79. The van der Waals surface area contributed by atoms with Gasteiger partial charge in [-0.1, -0.05) is 43.2 Å². The van der Waals surface area contributed by atoms with Crippen molar-refractivity contribution in [3.63, 3.8) is 0 Å². The number of hydrogen-bond donors (Lipinski definition) is 1. The van der Waals surface area contributed by atoms with Crippen LogP contribution in [-0.4, -0.2) is 30.4 Å². The van der Waals surface area contributed by atoms with E-state index in [1.165, 1.54) is 19.3 Å². The lowest BCUT2D eigenvalue weighted by atomic mass is 10.0. The summed E-state index contributed by atoms with van der Waals surface area (Å²) >= 11 is 0. The van der Waals surface area contributed by atoms with Gasteiger partial charge < -0.3 is 10.6 Å². The van der Waals surface area contributed by atoms with Crippen LogP contribution in [0.15, 0.2) is 24.3 Å². The van der Waals surface area contributed by atoms with Crippen LogP contribution < -0.4 is 5.73 Å². The first kappa shape index (κ1) is 14.6. The molecule has 1 aromatic rings. The summed E-state index contributed by atoms with van der Waals surface area (Å²) in [6.45, 7) is 2.03. The van der Waals surface area contributed by atoms with E-state index in [0.29, 0.717) is 12.1 Å². The van der Waals surface area contributed by atoms with Gasteiger partial charge in [0.1, 0.15) is 0 Å². The van der Waals surface area contributed by atoms with Gasteiger partial charge in [-0.15, -0.1) is 0 Å². The zero-order valence-electron chi connectivity index (χ0n) is 11.9. The molecule has 1 amide bonds. The average molecular weight is 270 g/mol. The molecule has 0 saturated carbocycles. The fraction of sp³-hybridized carbons (Fsp3) is 0.471. The van der Waals surface area contributed by atoms with Gasteiger partial charge in [0.25, 0.3) is 5.91 Å². The normalized spacial score (nSPS) is 15.8. The van der Waals surface area contributed by atoms with Crippen LogP contribution in [-0.2, 0) is 0 Å². The molecule has 0 aromatic heterocycles. The zero-order valence-corrected chi connectivity index (χ0v) is 11.9. The number of carbonyl (C=O) groups is 1. The highest BCUT2D eigenvalue weighted by atomic mass is 16.2. The molecule has 0 atom stereocenters. The van der Waals surface area contributed by atoms with E-state index < -0.39 is 0 Å². The summed E-state index contributed by atoms with van der Waals surface area (Å²) in [4.78, 5) is 14.6. The SMILES string of the molecule is NCC#Cc1ccccc1C(=O)N1CCCCCCC1. The van der Waals surface area contributed by atoms with Crippen molar-refractivity contribution in [2.75, 3.05) is 19.6 Å². The highest BCUT2D eigenvalue weighted by molar-refractivity contribution is 5.96. The van der Waals surface area contributed by atoms with Crippen molar-refractivity contribution >= 4 is 5.91 Å². The molecule has 0 unspecified atom stereocenters. The maximum atomic E-state index is 12.7. The van der Waals surface area contributed by atoms with E-state index in [1.807, 2.05) is 29.2 Å². The summed E-state index contributed by atoms with van der Waals surface area (Å²) < 4.78 is 0. The number of rotatable bonds is 1. The van der Waals surface area contributed by atoms with Gasteiger partial charge in [-0.3, -0.25) is 4.79 Å². The van der Waals surface area contributed by atoms with Crippen molar-refractivity contribution in [1.82, 2.24) is 4.90 Å². The third-order valence-electron chi connectivity index (χ3n) is 3.63. The Morgan fingerprint density at radius 1 is 1.10 bits per heavy atom. The number of nitrogens with zero attached hydrogens (tertiary/aromatic N) is 1. The quantitative estimate of drug-likeness (QED) is 0.797. The third-order valence-corrected chi connectivity index (χ3v) is 3.63. The number of likely N-dealkylation sites (tertiary alicyclic amines) is 1. The molecular formula is C17H22N2O. The lowest BCUT2D eigenvalue weighted by Gasteiger charge is -2.25. The first-order valence-corrected chi connectivity index (χ1v) is 7.40. The molecule has 1 heterocycles. The van der Waals surface area contributed by atoms with E-state index in [0.717, 1.165) is 31.5 Å². The molecule has 0 bridgehead atoms. The van der Waals surface area contributed by atoms with Crippen LogP contribution >= 0.6 is 0 Å². The molecule has 2 rings (SSSR count). The van der Waals surface area contributed by atoms with Crippen LogP contribution in [0.25, 0.3) is 0 Å². The van der Waals surface area contributed by atoms with Crippen LogP contribution in [0.4, 0.5) is 0 Å². The molecule has 106 valence electrons. The van der Waals surface area contributed by atoms with Crippen LogP contribution in [0.1, 0.15) is 48.0 Å². The minimum atomic E-state index is 0.105. The molecular weight excluding hydrogens is 248 g/mol. The molecule has 3 nitrogen and oxygen atoms in total. The summed E-state index contributed by atoms with van der Waals surface area (Å²) in [5, 5.41) is 0. The predicted molar refractivity (Wildman–Crippen MR) is 81.4 cm³/mol. The Labute approximate surface area is 121 Å². The van der Waals surface area contributed by atoms with Gasteiger partial charge in [-0.05, 0) is 25.0 Å². The smallest absolute Gasteiger partial charge is 0.255 e. The summed E-state index contributed by atoms with van der Waals surface area (Å²) in [5.41, 5.74) is 6.90. The van der Waals surface area contributed by atoms with Crippen molar-refractivity contribution in [2.45, 2.75) is 32.1 Å². The number of amides is 1. The third kappa shape index (κ3) is 3.85. The first-order chi connectivity index (χ1) is 9.83. The lowest BCUT2D eigenvalue weighted by molar-refractivity contribution is 0.0742. The van der Waals surface area contributed by atoms with E-state index in [4.69, 9.17) is 5.73 Å². The van der Waals surface area contributed by atoms with Crippen molar-refractivity contribution < 1.29 is 4.79 Å². The molecule has 1 aliphatic rings. The van der Waals surface area contributed by atoms with Crippen LogP contribution in [0.3, 0.4) is 0 Å². The standard InChI is InChI=1S/C17H22N2O/c18-12-8-10-15-9-4-5-11-16(15)17(20)19-13-6-2-1-3-7-14-19/h4-5,9,11H,1-3,6-7,12-14,18H2. The number of hydrogen-bond acceptors (Lipinski definition) is 2. The average Bonchev–Trinajstić information content (AvgIpc) is 2.44. The maximum absolute atomic E-state index is 12.7. The number of carbonyl (C=O) groups excluding carboxylic acids is 1. The summed E-state index contributed by atoms with van der Waals surface area (Å²) in [5.74, 6) is 5.94. The first-order valence-electron chi connectivity index (χ1n) is 7.40. The van der Waals surface area contributed by atoms with Gasteiger partial charge >= 0.3 is 0 Å². The van der Waals surface area contributed by atoms with E-state index in [2.05, 4.69) is 11.8 Å². The minimum Gasteiger partial charge on any atom is -0.339 e. The van der Waals surface area contributed by atoms with Gasteiger partial charge in [0.2, 0.25) is 0 Å². The van der Waals surface area contributed by atoms with Gasteiger partial charge in [-0.2, -0.15) is 0 Å². The molecule has 0 spiro atoms. The second-order valence-corrected chi connectivity index (χ2v) is 5.11. The molecule has 1 saturated heterocycles. The fourth-order valence-corrected chi connectivity index (χ4v) is 2.55. The fourth-order valence-electron chi connectivity index (χ4n) is 2.55. The molecule has 1 fully saturated rings. The monoisotopic (exact) mass is 270 g/mol. The Morgan fingerprint density at radius 2 is 1.75 bits per heavy atom. The Balaban J connectivity index is 2.18. The largest absolute Gasteiger partial charge is 0.339 e. The van der Waals surface area contributed by atoms with Gasteiger partial charge in [0, 0.05) is 18.7 Å². The predicted octanol–water partition coefficient (Wildman–Crippen LogP) is 2.40. The van der Waals surface area contributed by atoms with E-state index in [-0.39, 0.29) is 5.91 Å². The van der Waals surface area contributed by atoms with Crippen molar-refractivity contribution in [2.24, 2.45) is 5.73 Å². The Bertz CT molecular complexity index is 505. The molecule has 3 heteroatoms. The van der Waals surface area contributed by atoms with Crippen molar-refractivity contribution in [3.8, 4) is 11.8 Å². The Morgan fingerprint density at radius 3 is 2.45 bits per heavy atom. The Kier molecular flexibility index (Phi) is 5.64. The van der Waals surface area contributed by atoms with Crippen LogP contribution in [0, 0.1) is 11.8 Å². The summed E-state index contributed by atoms with van der Waals surface area (Å²) in [6, 6.07) is 7.55. The lowest BCUT2D eigenvalue weighted by Crippen LogP contribution is -2.34. The van der Waals surface area contributed by atoms with Crippen LogP contribution in [0.2, 0.25) is 0 Å². The zero-order chi connectivity index (χ0) is 14.2. The van der Waals surface area contributed by atoms with E-state index in [1.54, 1.807) is 0 Å². The molecule has 20 heavy (non-hydrogen) atoms. The summed E-state index contributed by atoms with van der Waals surface area (Å²) in [7, 11) is 0. The molecule has 0 radical (unpaired) electrons. The number of benzene rings is 1. The van der Waals surface area contributed by atoms with Crippen molar-refractivity contribution in [3.05, 3.63) is 35.4 Å². The van der Waals surface area contributed by atoms with Crippen LogP contribution in [0.5, 0.6) is 0 Å². The van der Waals surface area contributed by atoms with Gasteiger partial charge in [0.05, 0.1) is 12.1 Å². The second-order valence-electron chi connectivity index (χ2n) is 5.11. The molecule has 1 aromatic carbocycles. The van der Waals surface area contributed by atoms with Gasteiger partial charge in [0.15, 0.2) is 0 Å². The van der Waals surface area contributed by atoms with E-state index in [9.17, 15) is 4.79 Å². The maximum Gasteiger partial charge on any atom is 0.255 e. The summed E-state index contributed by atoms with van der Waals surface area (Å²) in [6.07, 6.45) is 5.93. The second kappa shape index (κ2) is 7.72. The topological polar surface area (TPSA) is 46.3 Å². The van der Waals surface area contributed by atoms with E-state index >= 15 is 0 Å². The molecule has 2 N–H and O–H groups in total. The van der Waals surface area contributed by atoms with Crippen molar-refractivity contribution in [1.29, 1.82) is 0 Å². The highest BCUT2D eigenvalue weighted by Gasteiger charge is 2.18.